The molecule has 1 aliphatic rings. The lowest BCUT2D eigenvalue weighted by Crippen LogP contribution is -2.37. The van der Waals surface area contributed by atoms with Crippen LogP contribution in [0.2, 0.25) is 0 Å². The molecule has 2 N–H and O–H groups in total. The van der Waals surface area contributed by atoms with E-state index in [2.05, 4.69) is 19.9 Å². The molecule has 5 heterocycles. The molecule has 0 unspecified atom stereocenters. The standard InChI is InChI=1S/C33H42N10O6/c1-4-45-11-12-47-15-16-48-14-13-46-10-8-28(44)42-9-7-24-23(19-42)18-35-27(38-24)20-43-32-29(31(41(2)3)36-21-37-32)30(40-43)22-5-6-26-25(17-22)39-33(34)49-26/h5-6,17-18,21H,4,7-16,19-20H2,1-3H3,(H2,34,39). The van der Waals surface area contributed by atoms with Crippen LogP contribution in [0, 0.1) is 0 Å². The first-order valence-corrected chi connectivity index (χ1v) is 16.4. The second-order valence-corrected chi connectivity index (χ2v) is 11.6. The summed E-state index contributed by atoms with van der Waals surface area (Å²) < 4.78 is 29.0. The Labute approximate surface area is 283 Å². The third-order valence-corrected chi connectivity index (χ3v) is 8.02. The van der Waals surface area contributed by atoms with Gasteiger partial charge in [0.15, 0.2) is 11.2 Å². The summed E-state index contributed by atoms with van der Waals surface area (Å²) in [6, 6.07) is 5.74. The Morgan fingerprint density at radius 3 is 2.49 bits per heavy atom. The van der Waals surface area contributed by atoms with Gasteiger partial charge in [-0.1, -0.05) is 0 Å². The van der Waals surface area contributed by atoms with Gasteiger partial charge in [0.2, 0.25) is 5.91 Å². The van der Waals surface area contributed by atoms with E-state index in [0.717, 1.165) is 28.0 Å². The lowest BCUT2D eigenvalue weighted by molar-refractivity contribution is -0.133. The minimum Gasteiger partial charge on any atom is -0.424 e. The van der Waals surface area contributed by atoms with Crippen molar-refractivity contribution in [3.05, 3.63) is 47.8 Å². The van der Waals surface area contributed by atoms with E-state index in [-0.39, 0.29) is 11.9 Å². The van der Waals surface area contributed by atoms with Crippen LogP contribution < -0.4 is 10.6 Å². The van der Waals surface area contributed by atoms with Crippen molar-refractivity contribution in [1.82, 2.24) is 39.6 Å². The number of fused-ring (bicyclic) bond motifs is 3. The second-order valence-electron chi connectivity index (χ2n) is 11.6. The molecule has 49 heavy (non-hydrogen) atoms. The molecule has 16 nitrogen and oxygen atoms in total. The Morgan fingerprint density at radius 1 is 0.980 bits per heavy atom. The van der Waals surface area contributed by atoms with E-state index in [9.17, 15) is 4.79 Å². The van der Waals surface area contributed by atoms with E-state index in [1.807, 2.05) is 49.0 Å². The van der Waals surface area contributed by atoms with E-state index in [0.29, 0.717) is 114 Å². The van der Waals surface area contributed by atoms with Crippen LogP contribution in [-0.2, 0) is 43.3 Å². The number of benzene rings is 1. The Kier molecular flexibility index (Phi) is 11.2. The van der Waals surface area contributed by atoms with Gasteiger partial charge in [0.25, 0.3) is 6.01 Å². The molecule has 4 aromatic heterocycles. The van der Waals surface area contributed by atoms with Gasteiger partial charge in [-0.05, 0) is 25.1 Å². The largest absolute Gasteiger partial charge is 0.424 e. The van der Waals surface area contributed by atoms with Crippen molar-refractivity contribution in [2.75, 3.05) is 84.1 Å². The van der Waals surface area contributed by atoms with Crippen LogP contribution in [0.15, 0.2) is 35.1 Å². The number of carbonyl (C=O) groups excluding carboxylic acids is 1. The van der Waals surface area contributed by atoms with Crippen molar-refractivity contribution in [1.29, 1.82) is 0 Å². The van der Waals surface area contributed by atoms with Crippen LogP contribution >= 0.6 is 0 Å². The van der Waals surface area contributed by atoms with Gasteiger partial charge < -0.3 is 38.9 Å². The summed E-state index contributed by atoms with van der Waals surface area (Å²) >= 11 is 0. The number of ether oxygens (including phenoxy) is 4. The molecule has 0 bridgehead atoms. The van der Waals surface area contributed by atoms with Crippen molar-refractivity contribution in [2.24, 2.45) is 0 Å². The Bertz CT molecular complexity index is 1880. The number of nitrogens with zero attached hydrogens (tertiary/aromatic N) is 9. The number of oxazole rings is 1. The molecule has 0 spiro atoms. The molecule has 0 saturated heterocycles. The summed E-state index contributed by atoms with van der Waals surface area (Å²) in [5.74, 6) is 1.37. The predicted molar refractivity (Wildman–Crippen MR) is 181 cm³/mol. The molecule has 0 atom stereocenters. The fourth-order valence-corrected chi connectivity index (χ4v) is 5.64. The smallest absolute Gasteiger partial charge is 0.292 e. The Hall–Kier alpha value is -4.77. The average molecular weight is 675 g/mol. The molecular weight excluding hydrogens is 632 g/mol. The third kappa shape index (κ3) is 8.28. The number of amides is 1. The highest BCUT2D eigenvalue weighted by atomic mass is 16.6. The van der Waals surface area contributed by atoms with Gasteiger partial charge in [-0.25, -0.2) is 24.6 Å². The molecule has 0 saturated carbocycles. The molecule has 0 aliphatic carbocycles. The number of rotatable bonds is 17. The maximum Gasteiger partial charge on any atom is 0.292 e. The van der Waals surface area contributed by atoms with Crippen LogP contribution in [0.1, 0.15) is 30.4 Å². The molecular formula is C33H42N10O6. The van der Waals surface area contributed by atoms with E-state index in [1.54, 1.807) is 10.9 Å². The molecule has 5 aromatic rings. The highest BCUT2D eigenvalue weighted by molar-refractivity contribution is 6.00. The van der Waals surface area contributed by atoms with Crippen LogP contribution in [-0.4, -0.2) is 119 Å². The van der Waals surface area contributed by atoms with E-state index in [4.69, 9.17) is 39.2 Å². The monoisotopic (exact) mass is 674 g/mol. The van der Waals surface area contributed by atoms with Crippen LogP contribution in [0.4, 0.5) is 11.8 Å². The molecule has 260 valence electrons. The van der Waals surface area contributed by atoms with Gasteiger partial charge in [0.05, 0.1) is 63.7 Å². The van der Waals surface area contributed by atoms with Crippen molar-refractivity contribution in [2.45, 2.75) is 32.9 Å². The number of nitrogen functional groups attached to an aromatic ring is 1. The zero-order valence-corrected chi connectivity index (χ0v) is 28.1. The molecule has 1 aromatic carbocycles. The van der Waals surface area contributed by atoms with E-state index in [1.165, 1.54) is 6.33 Å². The molecule has 0 radical (unpaired) electrons. The molecule has 16 heteroatoms. The predicted octanol–water partition coefficient (Wildman–Crippen LogP) is 2.48. The van der Waals surface area contributed by atoms with Gasteiger partial charge in [-0.2, -0.15) is 10.1 Å². The van der Waals surface area contributed by atoms with Gasteiger partial charge >= 0.3 is 0 Å². The summed E-state index contributed by atoms with van der Waals surface area (Å²) in [7, 11) is 3.86. The molecule has 1 amide bonds. The van der Waals surface area contributed by atoms with Gasteiger partial charge in [-0.15, -0.1) is 0 Å². The first-order chi connectivity index (χ1) is 23.9. The summed E-state index contributed by atoms with van der Waals surface area (Å²) in [6.07, 6.45) is 4.28. The number of anilines is 2. The minimum atomic E-state index is 0.0387. The first kappa shape index (κ1) is 34.1. The lowest BCUT2D eigenvalue weighted by atomic mass is 10.1. The number of aromatic nitrogens is 7. The number of carbonyl (C=O) groups is 1. The molecule has 1 aliphatic heterocycles. The van der Waals surface area contributed by atoms with E-state index >= 15 is 0 Å². The van der Waals surface area contributed by atoms with Crippen molar-refractivity contribution in [3.8, 4) is 11.3 Å². The maximum absolute atomic E-state index is 12.9. The fraction of sp³-hybridized carbons (Fsp3) is 0.485. The van der Waals surface area contributed by atoms with Crippen molar-refractivity contribution < 1.29 is 28.2 Å². The maximum atomic E-state index is 12.9. The fourth-order valence-electron chi connectivity index (χ4n) is 5.64. The number of nitrogens with two attached hydrogens (primary N) is 1. The second kappa shape index (κ2) is 16.1. The van der Waals surface area contributed by atoms with Crippen molar-refractivity contribution in [3.63, 3.8) is 0 Å². The normalized spacial score (nSPS) is 13.0. The Balaban J connectivity index is 1.05. The zero-order chi connectivity index (χ0) is 34.2. The van der Waals surface area contributed by atoms with Gasteiger partial charge in [0, 0.05) is 57.5 Å². The molecule has 0 fully saturated rings. The number of hydrogen-bond donors (Lipinski definition) is 1. The SMILES string of the molecule is CCOCCOCCOCCOCCC(=O)N1CCc2nc(Cn3nc(-c4ccc5oc(N)nc5c4)c4c(N(C)C)ncnc43)ncc2C1. The first-order valence-electron chi connectivity index (χ1n) is 16.4. The molecule has 6 rings (SSSR count). The summed E-state index contributed by atoms with van der Waals surface area (Å²) in [5.41, 5.74) is 11.1. The summed E-state index contributed by atoms with van der Waals surface area (Å²) in [4.78, 5) is 39.6. The van der Waals surface area contributed by atoms with Crippen molar-refractivity contribution >= 4 is 39.9 Å². The van der Waals surface area contributed by atoms with Gasteiger partial charge in [0.1, 0.15) is 35.7 Å². The van der Waals surface area contributed by atoms with Crippen LogP contribution in [0.25, 0.3) is 33.4 Å². The van der Waals surface area contributed by atoms with Crippen LogP contribution in [0.3, 0.4) is 0 Å². The summed E-state index contributed by atoms with van der Waals surface area (Å²) in [6.45, 7) is 7.35. The third-order valence-electron chi connectivity index (χ3n) is 8.02. The highest BCUT2D eigenvalue weighted by Gasteiger charge is 2.24. The lowest BCUT2D eigenvalue weighted by Gasteiger charge is -2.28. The topological polar surface area (TPSA) is 182 Å². The zero-order valence-electron chi connectivity index (χ0n) is 28.1. The number of hydrogen-bond acceptors (Lipinski definition) is 14. The van der Waals surface area contributed by atoms with E-state index < -0.39 is 0 Å². The summed E-state index contributed by atoms with van der Waals surface area (Å²) in [5, 5.41) is 5.76. The minimum absolute atomic E-state index is 0.0387. The van der Waals surface area contributed by atoms with Crippen LogP contribution in [0.5, 0.6) is 0 Å². The Morgan fingerprint density at radius 2 is 1.73 bits per heavy atom. The average Bonchev–Trinajstić information content (AvgIpc) is 3.67. The van der Waals surface area contributed by atoms with Gasteiger partial charge in [-0.3, -0.25) is 4.79 Å². The quantitative estimate of drug-likeness (QED) is 0.142. The highest BCUT2D eigenvalue weighted by Crippen LogP contribution is 2.34.